The molecule has 0 aliphatic carbocycles. The van der Waals surface area contributed by atoms with E-state index in [1.54, 1.807) is 6.07 Å². The van der Waals surface area contributed by atoms with Gasteiger partial charge in [-0.2, -0.15) is 0 Å². The van der Waals surface area contributed by atoms with Crippen molar-refractivity contribution in [2.24, 2.45) is 0 Å². The third-order valence-corrected chi connectivity index (χ3v) is 4.23. The normalized spacial score (nSPS) is 10.6. The first kappa shape index (κ1) is 14.3. The van der Waals surface area contributed by atoms with E-state index in [0.717, 1.165) is 31.3 Å². The molecule has 21 heavy (non-hydrogen) atoms. The lowest BCUT2D eigenvalue weighted by molar-refractivity contribution is 1.24. The Kier molecular flexibility index (Phi) is 4.08. The lowest BCUT2D eigenvalue weighted by atomic mass is 10.0. The summed E-state index contributed by atoms with van der Waals surface area (Å²) in [7, 11) is 0. The van der Waals surface area contributed by atoms with Gasteiger partial charge in [-0.15, -0.1) is 0 Å². The quantitative estimate of drug-likeness (QED) is 0.622. The van der Waals surface area contributed by atoms with Gasteiger partial charge in [0.2, 0.25) is 5.56 Å². The highest BCUT2D eigenvalue weighted by Gasteiger charge is 2.04. The number of H-pyrrole nitrogens is 1. The van der Waals surface area contributed by atoms with E-state index >= 15 is 0 Å². The highest BCUT2D eigenvalue weighted by Crippen LogP contribution is 2.25. The number of nitrogens with one attached hydrogen (secondary N) is 1. The SMILES string of the molecule is O=c1cc(-c2ccc(Br)cc2)cc(-c2ccc(Br)cc2)[nH]1. The number of pyridine rings is 1. The Morgan fingerprint density at radius 1 is 0.667 bits per heavy atom. The maximum atomic E-state index is 11.9. The lowest BCUT2D eigenvalue weighted by Crippen LogP contribution is -2.05. The molecular formula is C17H11Br2NO. The van der Waals surface area contributed by atoms with Gasteiger partial charge in [0.25, 0.3) is 0 Å². The molecule has 1 aromatic heterocycles. The van der Waals surface area contributed by atoms with Gasteiger partial charge in [-0.25, -0.2) is 0 Å². The number of hydrogen-bond acceptors (Lipinski definition) is 1. The molecule has 0 spiro atoms. The summed E-state index contributed by atoms with van der Waals surface area (Å²) in [5.74, 6) is 0. The standard InChI is InChI=1S/C17H11Br2NO/c18-14-5-1-11(2-6-14)13-9-16(20-17(21)10-13)12-3-7-15(19)8-4-12/h1-10H,(H,20,21). The molecule has 2 nitrogen and oxygen atoms in total. The summed E-state index contributed by atoms with van der Waals surface area (Å²) in [6, 6.07) is 19.4. The first-order valence-electron chi connectivity index (χ1n) is 6.38. The van der Waals surface area contributed by atoms with Crippen LogP contribution in [0.25, 0.3) is 22.4 Å². The zero-order valence-corrected chi connectivity index (χ0v) is 14.1. The molecule has 0 saturated carbocycles. The second-order valence-electron chi connectivity index (χ2n) is 4.66. The fourth-order valence-electron chi connectivity index (χ4n) is 2.14. The number of aromatic nitrogens is 1. The molecule has 0 bridgehead atoms. The van der Waals surface area contributed by atoms with Crippen molar-refractivity contribution in [3.05, 3.63) is 80.0 Å². The summed E-state index contributed by atoms with van der Waals surface area (Å²) < 4.78 is 2.03. The summed E-state index contributed by atoms with van der Waals surface area (Å²) >= 11 is 6.83. The van der Waals surface area contributed by atoms with Gasteiger partial charge >= 0.3 is 0 Å². The van der Waals surface area contributed by atoms with Crippen LogP contribution >= 0.6 is 31.9 Å². The zero-order chi connectivity index (χ0) is 14.8. The van der Waals surface area contributed by atoms with Crippen molar-refractivity contribution in [2.45, 2.75) is 0 Å². The van der Waals surface area contributed by atoms with Crippen LogP contribution in [-0.2, 0) is 0 Å². The van der Waals surface area contributed by atoms with E-state index in [0.29, 0.717) is 0 Å². The van der Waals surface area contributed by atoms with Crippen LogP contribution in [0.4, 0.5) is 0 Å². The molecule has 1 heterocycles. The molecule has 0 fully saturated rings. The third-order valence-electron chi connectivity index (χ3n) is 3.18. The maximum Gasteiger partial charge on any atom is 0.249 e. The van der Waals surface area contributed by atoms with Crippen LogP contribution in [0, 0.1) is 0 Å². The van der Waals surface area contributed by atoms with Crippen molar-refractivity contribution < 1.29 is 0 Å². The second kappa shape index (κ2) is 6.00. The molecule has 0 unspecified atom stereocenters. The van der Waals surface area contributed by atoms with Gasteiger partial charge in [0, 0.05) is 20.7 Å². The van der Waals surface area contributed by atoms with E-state index in [-0.39, 0.29) is 5.56 Å². The molecule has 2 aromatic carbocycles. The molecule has 0 aliphatic heterocycles. The van der Waals surface area contributed by atoms with E-state index < -0.39 is 0 Å². The van der Waals surface area contributed by atoms with Crippen molar-refractivity contribution in [3.63, 3.8) is 0 Å². The summed E-state index contributed by atoms with van der Waals surface area (Å²) in [6.45, 7) is 0. The summed E-state index contributed by atoms with van der Waals surface area (Å²) in [5, 5.41) is 0. The Morgan fingerprint density at radius 2 is 1.19 bits per heavy atom. The van der Waals surface area contributed by atoms with E-state index in [9.17, 15) is 4.79 Å². The second-order valence-corrected chi connectivity index (χ2v) is 6.49. The molecule has 0 amide bonds. The molecule has 4 heteroatoms. The van der Waals surface area contributed by atoms with E-state index in [1.165, 1.54) is 0 Å². The fraction of sp³-hybridized carbons (Fsp3) is 0. The summed E-state index contributed by atoms with van der Waals surface area (Å²) in [5.41, 5.74) is 3.61. The molecule has 0 atom stereocenters. The minimum Gasteiger partial charge on any atom is -0.322 e. The van der Waals surface area contributed by atoms with E-state index in [1.807, 2.05) is 54.6 Å². The highest BCUT2D eigenvalue weighted by atomic mass is 79.9. The summed E-state index contributed by atoms with van der Waals surface area (Å²) in [4.78, 5) is 14.8. The van der Waals surface area contributed by atoms with Crippen molar-refractivity contribution in [1.29, 1.82) is 0 Å². The van der Waals surface area contributed by atoms with Crippen molar-refractivity contribution in [1.82, 2.24) is 4.98 Å². The van der Waals surface area contributed by atoms with Gasteiger partial charge in [-0.1, -0.05) is 56.1 Å². The molecule has 104 valence electrons. The monoisotopic (exact) mass is 403 g/mol. The molecule has 0 aliphatic rings. The summed E-state index contributed by atoms with van der Waals surface area (Å²) in [6.07, 6.45) is 0. The van der Waals surface area contributed by atoms with Gasteiger partial charge in [0.05, 0.1) is 0 Å². The molecule has 3 aromatic rings. The van der Waals surface area contributed by atoms with Crippen molar-refractivity contribution >= 4 is 31.9 Å². The predicted octanol–water partition coefficient (Wildman–Crippen LogP) is 5.23. The Bertz CT molecular complexity index is 754. The largest absolute Gasteiger partial charge is 0.322 e. The molecule has 0 saturated heterocycles. The first-order chi connectivity index (χ1) is 10.1. The number of aromatic amines is 1. The van der Waals surface area contributed by atoms with Crippen LogP contribution < -0.4 is 5.56 Å². The highest BCUT2D eigenvalue weighted by molar-refractivity contribution is 9.10. The van der Waals surface area contributed by atoms with Crippen LogP contribution in [0.1, 0.15) is 0 Å². The van der Waals surface area contributed by atoms with E-state index in [2.05, 4.69) is 36.8 Å². The van der Waals surface area contributed by atoms with Gasteiger partial charge in [0.1, 0.15) is 0 Å². The molecule has 0 radical (unpaired) electrons. The number of rotatable bonds is 2. The smallest absolute Gasteiger partial charge is 0.249 e. The average Bonchev–Trinajstić information content (AvgIpc) is 2.48. The van der Waals surface area contributed by atoms with Crippen LogP contribution in [0.3, 0.4) is 0 Å². The van der Waals surface area contributed by atoms with Crippen LogP contribution in [0.2, 0.25) is 0 Å². The van der Waals surface area contributed by atoms with Gasteiger partial charge in [0.15, 0.2) is 0 Å². The zero-order valence-electron chi connectivity index (χ0n) is 10.9. The first-order valence-corrected chi connectivity index (χ1v) is 7.97. The maximum absolute atomic E-state index is 11.9. The van der Waals surface area contributed by atoms with Crippen LogP contribution in [-0.4, -0.2) is 4.98 Å². The number of halogens is 2. The topological polar surface area (TPSA) is 32.9 Å². The predicted molar refractivity (Wildman–Crippen MR) is 93.3 cm³/mol. The van der Waals surface area contributed by atoms with Gasteiger partial charge < -0.3 is 4.98 Å². The molecule has 1 N–H and O–H groups in total. The fourth-order valence-corrected chi connectivity index (χ4v) is 2.67. The Hall–Kier alpha value is -1.65. The van der Waals surface area contributed by atoms with Crippen molar-refractivity contribution in [2.75, 3.05) is 0 Å². The Balaban J connectivity index is 2.10. The van der Waals surface area contributed by atoms with E-state index in [4.69, 9.17) is 0 Å². The minimum atomic E-state index is -0.103. The Morgan fingerprint density at radius 3 is 1.76 bits per heavy atom. The third kappa shape index (κ3) is 3.34. The number of benzene rings is 2. The van der Waals surface area contributed by atoms with Gasteiger partial charge in [-0.05, 0) is 47.0 Å². The van der Waals surface area contributed by atoms with Gasteiger partial charge in [-0.3, -0.25) is 4.79 Å². The molecular weight excluding hydrogens is 394 g/mol. The van der Waals surface area contributed by atoms with Crippen LogP contribution in [0.15, 0.2) is 74.4 Å². The van der Waals surface area contributed by atoms with Crippen LogP contribution in [0.5, 0.6) is 0 Å². The molecule has 3 rings (SSSR count). The minimum absolute atomic E-state index is 0.103. The van der Waals surface area contributed by atoms with Crippen molar-refractivity contribution in [3.8, 4) is 22.4 Å². The number of hydrogen-bond donors (Lipinski definition) is 1. The average molecular weight is 405 g/mol. The Labute approximate surface area is 139 Å². The lowest BCUT2D eigenvalue weighted by Gasteiger charge is -2.06.